The van der Waals surface area contributed by atoms with Crippen molar-refractivity contribution in [3.05, 3.63) is 34.9 Å². The lowest BCUT2D eigenvalue weighted by molar-refractivity contribution is 0.317. The number of halogens is 2. The Bertz CT molecular complexity index is 285. The maximum Gasteiger partial charge on any atom is 0.184 e. The molecular weight excluding hydrogens is 221 g/mol. The third-order valence-electron chi connectivity index (χ3n) is 1.60. The molecule has 0 spiro atoms. The molecule has 1 N–H and O–H groups in total. The smallest absolute Gasteiger partial charge is 0.184 e. The highest BCUT2D eigenvalue weighted by molar-refractivity contribution is 6.30. The lowest BCUT2D eigenvalue weighted by Crippen LogP contribution is -2.06. The lowest BCUT2D eigenvalue weighted by Gasteiger charge is -2.04. The lowest BCUT2D eigenvalue weighted by atomic mass is 10.1. The van der Waals surface area contributed by atoms with Gasteiger partial charge in [-0.05, 0) is 24.6 Å². The van der Waals surface area contributed by atoms with Gasteiger partial charge in [-0.2, -0.15) is 0 Å². The molecular formula is C10H13Cl2NO. The number of rotatable bonds is 3. The molecule has 1 rings (SSSR count). The van der Waals surface area contributed by atoms with Crippen molar-refractivity contribution in [2.24, 2.45) is 0 Å². The zero-order valence-electron chi connectivity index (χ0n) is 7.92. The highest BCUT2D eigenvalue weighted by Crippen LogP contribution is 2.10. The van der Waals surface area contributed by atoms with Gasteiger partial charge in [-0.15, -0.1) is 12.4 Å². The Balaban J connectivity index is 0.00000169. The first-order chi connectivity index (χ1) is 6.22. The Morgan fingerprint density at radius 2 is 1.93 bits per heavy atom. The van der Waals surface area contributed by atoms with Crippen molar-refractivity contribution in [2.45, 2.75) is 13.3 Å². The van der Waals surface area contributed by atoms with E-state index in [1.807, 2.05) is 31.2 Å². The van der Waals surface area contributed by atoms with E-state index in [0.29, 0.717) is 23.9 Å². The summed E-state index contributed by atoms with van der Waals surface area (Å²) in [6.45, 7) is 2.42. The maximum absolute atomic E-state index is 7.42. The van der Waals surface area contributed by atoms with Crippen LogP contribution in [0.2, 0.25) is 5.02 Å². The molecule has 1 aromatic carbocycles. The van der Waals surface area contributed by atoms with Gasteiger partial charge >= 0.3 is 0 Å². The number of hydrogen-bond donors (Lipinski definition) is 1. The van der Waals surface area contributed by atoms with Crippen LogP contribution in [0, 0.1) is 5.41 Å². The normalized spacial score (nSPS) is 9.00. The summed E-state index contributed by atoms with van der Waals surface area (Å²) in [4.78, 5) is 0. The van der Waals surface area contributed by atoms with Crippen LogP contribution < -0.4 is 0 Å². The van der Waals surface area contributed by atoms with Gasteiger partial charge in [0, 0.05) is 11.4 Å². The van der Waals surface area contributed by atoms with Crippen LogP contribution in [0.1, 0.15) is 12.5 Å². The summed E-state index contributed by atoms with van der Waals surface area (Å²) >= 11 is 5.72. The maximum atomic E-state index is 7.42. The van der Waals surface area contributed by atoms with Crippen LogP contribution in [0.3, 0.4) is 0 Å². The van der Waals surface area contributed by atoms with Crippen LogP contribution in [0.4, 0.5) is 0 Å². The van der Waals surface area contributed by atoms with Crippen LogP contribution in [0.25, 0.3) is 0 Å². The second-order valence-corrected chi connectivity index (χ2v) is 3.10. The van der Waals surface area contributed by atoms with Gasteiger partial charge in [0.15, 0.2) is 5.90 Å². The van der Waals surface area contributed by atoms with E-state index < -0.39 is 0 Å². The third kappa shape index (κ3) is 4.49. The van der Waals surface area contributed by atoms with Crippen molar-refractivity contribution in [3.63, 3.8) is 0 Å². The Hall–Kier alpha value is -0.730. The van der Waals surface area contributed by atoms with Gasteiger partial charge in [-0.1, -0.05) is 23.7 Å². The number of hydrogen-bond acceptors (Lipinski definition) is 2. The second kappa shape index (κ2) is 6.68. The summed E-state index contributed by atoms with van der Waals surface area (Å²) in [5, 5.41) is 8.14. The Labute approximate surface area is 95.1 Å². The van der Waals surface area contributed by atoms with Crippen LogP contribution >= 0.6 is 24.0 Å². The highest BCUT2D eigenvalue weighted by Gasteiger charge is 1.98. The van der Waals surface area contributed by atoms with Gasteiger partial charge in [-0.3, -0.25) is 5.41 Å². The summed E-state index contributed by atoms with van der Waals surface area (Å²) in [5.74, 6) is 0.296. The number of nitrogens with one attached hydrogen (secondary N) is 1. The van der Waals surface area contributed by atoms with E-state index in [-0.39, 0.29) is 12.4 Å². The molecule has 0 unspecified atom stereocenters. The molecule has 0 aliphatic rings. The molecule has 2 nitrogen and oxygen atoms in total. The van der Waals surface area contributed by atoms with Crippen molar-refractivity contribution in [1.82, 2.24) is 0 Å². The molecule has 4 heteroatoms. The molecule has 78 valence electrons. The van der Waals surface area contributed by atoms with E-state index in [9.17, 15) is 0 Å². The minimum atomic E-state index is 0. The molecule has 1 aromatic rings. The summed E-state index contributed by atoms with van der Waals surface area (Å²) in [6, 6.07) is 7.43. The quantitative estimate of drug-likeness (QED) is 0.631. The van der Waals surface area contributed by atoms with Crippen molar-refractivity contribution >= 4 is 29.9 Å². The van der Waals surface area contributed by atoms with Gasteiger partial charge in [0.05, 0.1) is 6.61 Å². The molecule has 0 radical (unpaired) electrons. The van der Waals surface area contributed by atoms with Gasteiger partial charge in [0.2, 0.25) is 0 Å². The fraction of sp³-hybridized carbons (Fsp3) is 0.300. The molecule has 0 aliphatic heterocycles. The van der Waals surface area contributed by atoms with E-state index in [4.69, 9.17) is 21.7 Å². The standard InChI is InChI=1S/C10H12ClNO.ClH/c1-2-13-10(12)7-8-3-5-9(11)6-4-8;/h3-6,12H,2,7H2,1H3;1H. The molecule has 0 fully saturated rings. The molecule has 0 saturated heterocycles. The average molecular weight is 234 g/mol. The zero-order valence-corrected chi connectivity index (χ0v) is 9.49. The first-order valence-electron chi connectivity index (χ1n) is 4.17. The Morgan fingerprint density at radius 3 is 2.43 bits per heavy atom. The monoisotopic (exact) mass is 233 g/mol. The topological polar surface area (TPSA) is 33.1 Å². The molecule has 0 heterocycles. The van der Waals surface area contributed by atoms with E-state index >= 15 is 0 Å². The van der Waals surface area contributed by atoms with Crippen LogP contribution in [-0.2, 0) is 11.2 Å². The molecule has 14 heavy (non-hydrogen) atoms. The largest absolute Gasteiger partial charge is 0.481 e. The molecule has 0 saturated carbocycles. The summed E-state index contributed by atoms with van der Waals surface area (Å²) < 4.78 is 5.03. The molecule has 0 aromatic heterocycles. The predicted octanol–water partition coefficient (Wildman–Crippen LogP) is 3.32. The van der Waals surface area contributed by atoms with Crippen LogP contribution in [-0.4, -0.2) is 12.5 Å². The van der Waals surface area contributed by atoms with E-state index in [0.717, 1.165) is 5.56 Å². The van der Waals surface area contributed by atoms with Crippen molar-refractivity contribution < 1.29 is 4.74 Å². The third-order valence-corrected chi connectivity index (χ3v) is 1.85. The second-order valence-electron chi connectivity index (χ2n) is 2.66. The van der Waals surface area contributed by atoms with Crippen molar-refractivity contribution in [3.8, 4) is 0 Å². The van der Waals surface area contributed by atoms with E-state index in [1.54, 1.807) is 0 Å². The number of ether oxygens (including phenoxy) is 1. The molecule has 0 aliphatic carbocycles. The summed E-state index contributed by atoms with van der Waals surface area (Å²) in [5.41, 5.74) is 1.04. The minimum Gasteiger partial charge on any atom is -0.481 e. The summed E-state index contributed by atoms with van der Waals surface area (Å²) in [6.07, 6.45) is 0.533. The molecule has 0 bridgehead atoms. The van der Waals surface area contributed by atoms with E-state index in [2.05, 4.69) is 0 Å². The minimum absolute atomic E-state index is 0. The fourth-order valence-corrected chi connectivity index (χ4v) is 1.14. The van der Waals surface area contributed by atoms with Crippen LogP contribution in [0.5, 0.6) is 0 Å². The van der Waals surface area contributed by atoms with E-state index in [1.165, 1.54) is 0 Å². The van der Waals surface area contributed by atoms with Crippen LogP contribution in [0.15, 0.2) is 24.3 Å². The number of benzene rings is 1. The fourth-order valence-electron chi connectivity index (χ4n) is 1.01. The zero-order chi connectivity index (χ0) is 9.68. The van der Waals surface area contributed by atoms with Gasteiger partial charge in [-0.25, -0.2) is 0 Å². The van der Waals surface area contributed by atoms with Crippen molar-refractivity contribution in [1.29, 1.82) is 5.41 Å². The first-order valence-corrected chi connectivity index (χ1v) is 4.55. The van der Waals surface area contributed by atoms with Crippen molar-refractivity contribution in [2.75, 3.05) is 6.61 Å². The molecule has 0 amide bonds. The Kier molecular flexibility index (Phi) is 6.34. The SMILES string of the molecule is CCOC(=N)Cc1ccc(Cl)cc1.Cl. The summed E-state index contributed by atoms with van der Waals surface area (Å²) in [7, 11) is 0. The average Bonchev–Trinajstić information content (AvgIpc) is 2.09. The van der Waals surface area contributed by atoms with Gasteiger partial charge in [0.1, 0.15) is 0 Å². The predicted molar refractivity (Wildman–Crippen MR) is 61.8 cm³/mol. The Morgan fingerprint density at radius 1 is 1.36 bits per heavy atom. The van der Waals surface area contributed by atoms with Gasteiger partial charge in [0.25, 0.3) is 0 Å². The van der Waals surface area contributed by atoms with Gasteiger partial charge < -0.3 is 4.74 Å². The highest BCUT2D eigenvalue weighted by atomic mass is 35.5. The molecule has 0 atom stereocenters. The first kappa shape index (κ1) is 13.3.